The van der Waals surface area contributed by atoms with Crippen molar-refractivity contribution in [1.29, 1.82) is 0 Å². The van der Waals surface area contributed by atoms with Gasteiger partial charge in [0.1, 0.15) is 0 Å². The van der Waals surface area contributed by atoms with Gasteiger partial charge in [-0.3, -0.25) is 4.79 Å². The van der Waals surface area contributed by atoms with E-state index in [2.05, 4.69) is 40.0 Å². The van der Waals surface area contributed by atoms with Gasteiger partial charge in [-0.1, -0.05) is 42.5 Å². The van der Waals surface area contributed by atoms with E-state index in [-0.39, 0.29) is 17.4 Å². The van der Waals surface area contributed by atoms with Crippen molar-refractivity contribution in [3.63, 3.8) is 0 Å². The van der Waals surface area contributed by atoms with E-state index in [1.807, 2.05) is 18.2 Å². The first-order chi connectivity index (χ1) is 13.3. The van der Waals surface area contributed by atoms with Crippen molar-refractivity contribution < 1.29 is 9.53 Å². The summed E-state index contributed by atoms with van der Waals surface area (Å²) in [5.74, 6) is 0.0543. The molecule has 138 valence electrons. The number of rotatable bonds is 3. The summed E-state index contributed by atoms with van der Waals surface area (Å²) in [6, 6.07) is 16.7. The fraction of sp³-hybridized carbons (Fsp3) is 0.364. The van der Waals surface area contributed by atoms with E-state index in [0.717, 1.165) is 48.3 Å². The van der Waals surface area contributed by atoms with Crippen LogP contribution in [0.25, 0.3) is 10.1 Å². The molecule has 1 spiro atoms. The van der Waals surface area contributed by atoms with Crippen molar-refractivity contribution in [2.24, 2.45) is 5.41 Å². The van der Waals surface area contributed by atoms with Crippen molar-refractivity contribution in [1.82, 2.24) is 9.69 Å². The number of carbonyl (C=O) groups excluding carboxylic acids is 1. The molecule has 1 amide bonds. The first-order valence-electron chi connectivity index (χ1n) is 9.53. The first-order valence-corrected chi connectivity index (χ1v) is 10.3. The molecule has 1 aliphatic carbocycles. The van der Waals surface area contributed by atoms with E-state index in [4.69, 9.17) is 4.74 Å². The van der Waals surface area contributed by atoms with Crippen molar-refractivity contribution in [2.45, 2.75) is 31.7 Å². The standard InChI is InChI=1S/C22H22N2O2S/c25-20(13-18-17-7-3-4-8-19(17)27-24-18)23-21-16-6-2-1-5-15(16)14-22(21)9-11-26-12-10-22/h1-8,21H,9-14H2,(H,23,25). The predicted octanol–water partition coefficient (Wildman–Crippen LogP) is 4.05. The Morgan fingerprint density at radius 3 is 2.81 bits per heavy atom. The van der Waals surface area contributed by atoms with Gasteiger partial charge in [0.2, 0.25) is 5.91 Å². The second kappa shape index (κ2) is 6.73. The van der Waals surface area contributed by atoms with Crippen LogP contribution in [-0.2, 0) is 22.4 Å². The van der Waals surface area contributed by atoms with E-state index in [0.29, 0.717) is 6.42 Å². The van der Waals surface area contributed by atoms with Crippen LogP contribution in [0.1, 0.15) is 35.7 Å². The van der Waals surface area contributed by atoms with Gasteiger partial charge < -0.3 is 10.1 Å². The largest absolute Gasteiger partial charge is 0.381 e. The molecule has 1 unspecified atom stereocenters. The van der Waals surface area contributed by atoms with Crippen LogP contribution in [-0.4, -0.2) is 23.5 Å². The quantitative estimate of drug-likeness (QED) is 0.748. The summed E-state index contributed by atoms with van der Waals surface area (Å²) in [4.78, 5) is 13.0. The van der Waals surface area contributed by atoms with Gasteiger partial charge in [0, 0.05) is 24.0 Å². The van der Waals surface area contributed by atoms with Gasteiger partial charge in [-0.2, -0.15) is 4.37 Å². The molecule has 2 aliphatic rings. The molecule has 0 bridgehead atoms. The number of amides is 1. The Kier molecular flexibility index (Phi) is 4.21. The van der Waals surface area contributed by atoms with E-state index in [9.17, 15) is 4.79 Å². The summed E-state index contributed by atoms with van der Waals surface area (Å²) < 4.78 is 11.3. The van der Waals surface area contributed by atoms with Crippen molar-refractivity contribution in [2.75, 3.05) is 13.2 Å². The van der Waals surface area contributed by atoms with E-state index in [1.165, 1.54) is 22.7 Å². The van der Waals surface area contributed by atoms with Crippen LogP contribution < -0.4 is 5.32 Å². The molecule has 1 atom stereocenters. The number of benzene rings is 2. The zero-order valence-electron chi connectivity index (χ0n) is 15.1. The summed E-state index contributed by atoms with van der Waals surface area (Å²) in [6.45, 7) is 1.55. The number of hydrogen-bond acceptors (Lipinski definition) is 4. The molecule has 3 aromatic rings. The molecule has 5 heteroatoms. The maximum atomic E-state index is 13.0. The Morgan fingerprint density at radius 2 is 1.93 bits per heavy atom. The van der Waals surface area contributed by atoms with Gasteiger partial charge in [-0.05, 0) is 48.0 Å². The van der Waals surface area contributed by atoms with Crippen molar-refractivity contribution in [3.8, 4) is 0 Å². The highest BCUT2D eigenvalue weighted by Gasteiger charge is 2.47. The van der Waals surface area contributed by atoms with E-state index in [1.54, 1.807) is 0 Å². The lowest BCUT2D eigenvalue weighted by molar-refractivity contribution is -0.122. The molecule has 0 radical (unpaired) electrons. The number of fused-ring (bicyclic) bond motifs is 2. The van der Waals surface area contributed by atoms with Gasteiger partial charge in [-0.25, -0.2) is 0 Å². The number of ether oxygens (including phenoxy) is 1. The van der Waals surface area contributed by atoms with Gasteiger partial charge in [0.05, 0.1) is 22.9 Å². The molecule has 0 saturated carbocycles. The van der Waals surface area contributed by atoms with Crippen LogP contribution in [0.3, 0.4) is 0 Å². The zero-order valence-corrected chi connectivity index (χ0v) is 15.9. The highest BCUT2D eigenvalue weighted by molar-refractivity contribution is 7.13. The number of nitrogens with zero attached hydrogens (tertiary/aromatic N) is 1. The van der Waals surface area contributed by atoms with Crippen LogP contribution >= 0.6 is 11.5 Å². The number of carbonyl (C=O) groups is 1. The summed E-state index contributed by atoms with van der Waals surface area (Å²) in [5.41, 5.74) is 3.60. The minimum atomic E-state index is 0.0543. The molecule has 5 rings (SSSR count). The normalized spacial score (nSPS) is 20.7. The topological polar surface area (TPSA) is 51.2 Å². The third-order valence-electron chi connectivity index (χ3n) is 6.10. The lowest BCUT2D eigenvalue weighted by Crippen LogP contribution is -2.42. The third kappa shape index (κ3) is 2.95. The van der Waals surface area contributed by atoms with Gasteiger partial charge in [0.15, 0.2) is 0 Å². The molecule has 4 nitrogen and oxygen atoms in total. The lowest BCUT2D eigenvalue weighted by Gasteiger charge is -2.39. The smallest absolute Gasteiger partial charge is 0.226 e. The fourth-order valence-electron chi connectivity index (χ4n) is 4.69. The Balaban J connectivity index is 1.41. The fourth-order valence-corrected chi connectivity index (χ4v) is 5.49. The van der Waals surface area contributed by atoms with Crippen LogP contribution in [0.5, 0.6) is 0 Å². The molecule has 2 heterocycles. The summed E-state index contributed by atoms with van der Waals surface area (Å²) in [7, 11) is 0. The maximum Gasteiger partial charge on any atom is 0.226 e. The monoisotopic (exact) mass is 378 g/mol. The van der Waals surface area contributed by atoms with E-state index >= 15 is 0 Å². The number of hydrogen-bond donors (Lipinski definition) is 1. The second-order valence-electron chi connectivity index (χ2n) is 7.65. The summed E-state index contributed by atoms with van der Waals surface area (Å²) >= 11 is 1.46. The Bertz CT molecular complexity index is 991. The van der Waals surface area contributed by atoms with Crippen LogP contribution in [0.15, 0.2) is 48.5 Å². The lowest BCUT2D eigenvalue weighted by atomic mass is 9.74. The highest BCUT2D eigenvalue weighted by atomic mass is 32.1. The Hall–Kier alpha value is -2.24. The first kappa shape index (κ1) is 16.9. The molecule has 1 N–H and O–H groups in total. The van der Waals surface area contributed by atoms with Crippen LogP contribution in [0, 0.1) is 5.41 Å². The average Bonchev–Trinajstić information content (AvgIpc) is 3.22. The van der Waals surface area contributed by atoms with Gasteiger partial charge >= 0.3 is 0 Å². The van der Waals surface area contributed by atoms with Crippen LogP contribution in [0.2, 0.25) is 0 Å². The molecule has 1 aromatic heterocycles. The van der Waals surface area contributed by atoms with Crippen LogP contribution in [0.4, 0.5) is 0 Å². The van der Waals surface area contributed by atoms with Crippen molar-refractivity contribution >= 4 is 27.5 Å². The van der Waals surface area contributed by atoms with E-state index < -0.39 is 0 Å². The minimum absolute atomic E-state index is 0.0543. The second-order valence-corrected chi connectivity index (χ2v) is 8.46. The van der Waals surface area contributed by atoms with Gasteiger partial charge in [0.25, 0.3) is 0 Å². The van der Waals surface area contributed by atoms with Gasteiger partial charge in [-0.15, -0.1) is 0 Å². The van der Waals surface area contributed by atoms with Crippen molar-refractivity contribution in [3.05, 3.63) is 65.4 Å². The molecular formula is C22H22N2O2S. The zero-order chi connectivity index (χ0) is 18.3. The molecule has 1 saturated heterocycles. The Labute approximate surface area is 162 Å². The summed E-state index contributed by atoms with van der Waals surface area (Å²) in [6.07, 6.45) is 3.34. The SMILES string of the molecule is O=C(Cc1nsc2ccccc12)NC1c2ccccc2CC12CCOCC2. The number of nitrogens with one attached hydrogen (secondary N) is 1. The highest BCUT2D eigenvalue weighted by Crippen LogP contribution is 2.51. The molecule has 2 aromatic carbocycles. The number of aromatic nitrogens is 1. The third-order valence-corrected chi connectivity index (χ3v) is 6.96. The predicted molar refractivity (Wildman–Crippen MR) is 107 cm³/mol. The molecule has 1 fully saturated rings. The Morgan fingerprint density at radius 1 is 1.15 bits per heavy atom. The molecule has 27 heavy (non-hydrogen) atoms. The molecular weight excluding hydrogens is 356 g/mol. The maximum absolute atomic E-state index is 13.0. The summed E-state index contributed by atoms with van der Waals surface area (Å²) in [5, 5.41) is 4.46. The minimum Gasteiger partial charge on any atom is -0.381 e. The average molecular weight is 378 g/mol. The molecule has 1 aliphatic heterocycles.